The first kappa shape index (κ1) is 19.0. The van der Waals surface area contributed by atoms with Gasteiger partial charge in [-0.15, -0.1) is 0 Å². The van der Waals surface area contributed by atoms with Crippen molar-refractivity contribution in [1.82, 2.24) is 5.32 Å². The van der Waals surface area contributed by atoms with Gasteiger partial charge in [0.25, 0.3) is 5.91 Å². The van der Waals surface area contributed by atoms with Gasteiger partial charge in [-0.25, -0.2) is 0 Å². The van der Waals surface area contributed by atoms with E-state index in [0.29, 0.717) is 25.0 Å². The summed E-state index contributed by atoms with van der Waals surface area (Å²) in [5.74, 6) is 0.534. The van der Waals surface area contributed by atoms with Gasteiger partial charge in [0.2, 0.25) is 0 Å². The van der Waals surface area contributed by atoms with Crippen molar-refractivity contribution < 1.29 is 10.1 Å². The van der Waals surface area contributed by atoms with Crippen LogP contribution in [0.15, 0.2) is 54.6 Å². The van der Waals surface area contributed by atoms with E-state index < -0.39 is 0 Å². The van der Waals surface area contributed by atoms with Gasteiger partial charge in [0.15, 0.2) is 6.54 Å². The number of amides is 1. The van der Waals surface area contributed by atoms with Gasteiger partial charge in [0.05, 0.1) is 0 Å². The van der Waals surface area contributed by atoms with Crippen LogP contribution in [-0.4, -0.2) is 26.5 Å². The molecule has 0 aliphatic heterocycles. The zero-order valence-corrected chi connectivity index (χ0v) is 15.7. The van der Waals surface area contributed by atoms with Crippen molar-refractivity contribution in [3.05, 3.63) is 65.7 Å². The summed E-state index contributed by atoms with van der Waals surface area (Å²) in [5.41, 5.74) is 3.54. The molecule has 0 heterocycles. The molecule has 0 spiro atoms. The minimum absolute atomic E-state index is 0.0678. The van der Waals surface area contributed by atoms with E-state index in [4.69, 9.17) is 0 Å². The van der Waals surface area contributed by atoms with Crippen molar-refractivity contribution in [2.24, 2.45) is 5.92 Å². The van der Waals surface area contributed by atoms with Gasteiger partial charge in [-0.2, -0.15) is 0 Å². The molecule has 25 heavy (non-hydrogen) atoms. The molecule has 0 aliphatic rings. The van der Waals surface area contributed by atoms with E-state index in [2.05, 4.69) is 77.9 Å². The van der Waals surface area contributed by atoms with E-state index in [9.17, 15) is 4.79 Å². The standard InChI is InChI=1S/C21H29N3O/c1-16(2)21(18-8-6-5-7-9-18)23-15-20(25)22-14-17-10-12-19(13-11-17)24(3)4/h5-13,16,21,23H,14-15H2,1-4H3,(H,22,25)/p+1/t21-/m1/s1. The van der Waals surface area contributed by atoms with Crippen LogP contribution < -0.4 is 15.5 Å². The van der Waals surface area contributed by atoms with Crippen LogP contribution in [0.25, 0.3) is 0 Å². The molecule has 0 saturated carbocycles. The molecular formula is C21H30N3O+. The number of carbonyl (C=O) groups is 1. The third kappa shape index (κ3) is 5.91. The highest BCUT2D eigenvalue weighted by atomic mass is 16.1. The van der Waals surface area contributed by atoms with Gasteiger partial charge in [0, 0.05) is 37.8 Å². The van der Waals surface area contributed by atoms with Gasteiger partial charge < -0.3 is 15.5 Å². The monoisotopic (exact) mass is 340 g/mol. The normalized spacial score (nSPS) is 12.0. The first-order valence-electron chi connectivity index (χ1n) is 8.88. The van der Waals surface area contributed by atoms with Crippen molar-refractivity contribution >= 4 is 11.6 Å². The molecule has 0 saturated heterocycles. The van der Waals surface area contributed by atoms with Gasteiger partial charge in [0.1, 0.15) is 6.04 Å². The highest BCUT2D eigenvalue weighted by Crippen LogP contribution is 2.16. The Kier molecular flexibility index (Phi) is 7.02. The van der Waals surface area contributed by atoms with Crippen LogP contribution in [0.3, 0.4) is 0 Å². The Morgan fingerprint density at radius 1 is 1.04 bits per heavy atom. The number of benzene rings is 2. The first-order chi connectivity index (χ1) is 12.0. The molecule has 1 atom stereocenters. The molecule has 0 fully saturated rings. The lowest BCUT2D eigenvalue weighted by Crippen LogP contribution is -2.88. The molecule has 2 aromatic rings. The van der Waals surface area contributed by atoms with Crippen LogP contribution in [0, 0.1) is 5.92 Å². The van der Waals surface area contributed by atoms with E-state index in [0.717, 1.165) is 11.3 Å². The Hall–Kier alpha value is -2.33. The number of anilines is 1. The summed E-state index contributed by atoms with van der Waals surface area (Å²) in [6, 6.07) is 18.9. The molecule has 3 N–H and O–H groups in total. The number of hydrogen-bond acceptors (Lipinski definition) is 2. The molecule has 134 valence electrons. The average Bonchev–Trinajstić information content (AvgIpc) is 2.61. The number of carbonyl (C=O) groups excluding carboxylic acids is 1. The Morgan fingerprint density at radius 3 is 2.24 bits per heavy atom. The van der Waals surface area contributed by atoms with E-state index in [1.54, 1.807) is 0 Å². The minimum atomic E-state index is 0.0678. The molecule has 1 amide bonds. The number of nitrogens with zero attached hydrogens (tertiary/aromatic N) is 1. The van der Waals surface area contributed by atoms with Gasteiger partial charge in [-0.1, -0.05) is 56.3 Å². The third-order valence-electron chi connectivity index (χ3n) is 4.40. The van der Waals surface area contributed by atoms with Crippen molar-refractivity contribution in [1.29, 1.82) is 0 Å². The summed E-state index contributed by atoms with van der Waals surface area (Å²) in [5, 5.41) is 5.14. The van der Waals surface area contributed by atoms with Gasteiger partial charge >= 0.3 is 0 Å². The number of nitrogens with two attached hydrogens (primary N) is 1. The second-order valence-corrected chi connectivity index (χ2v) is 6.96. The van der Waals surface area contributed by atoms with Crippen molar-refractivity contribution in [2.45, 2.75) is 26.4 Å². The highest BCUT2D eigenvalue weighted by molar-refractivity contribution is 5.76. The van der Waals surface area contributed by atoms with Crippen LogP contribution in [0.5, 0.6) is 0 Å². The largest absolute Gasteiger partial charge is 0.378 e. The maximum absolute atomic E-state index is 12.2. The maximum Gasteiger partial charge on any atom is 0.275 e. The van der Waals surface area contributed by atoms with Crippen LogP contribution >= 0.6 is 0 Å². The van der Waals surface area contributed by atoms with E-state index in [1.165, 1.54) is 5.56 Å². The fourth-order valence-corrected chi connectivity index (χ4v) is 2.89. The molecule has 0 bridgehead atoms. The summed E-state index contributed by atoms with van der Waals surface area (Å²) < 4.78 is 0. The summed E-state index contributed by atoms with van der Waals surface area (Å²) in [6.45, 7) is 5.39. The maximum atomic E-state index is 12.2. The van der Waals surface area contributed by atoms with E-state index in [-0.39, 0.29) is 5.91 Å². The number of nitrogens with one attached hydrogen (secondary N) is 1. The van der Waals surface area contributed by atoms with Crippen LogP contribution in [0.1, 0.15) is 31.0 Å². The zero-order valence-electron chi connectivity index (χ0n) is 15.7. The van der Waals surface area contributed by atoms with Crippen LogP contribution in [-0.2, 0) is 11.3 Å². The lowest BCUT2D eigenvalue weighted by Gasteiger charge is -2.19. The fraction of sp³-hybridized carbons (Fsp3) is 0.381. The Bertz CT molecular complexity index is 651. The average molecular weight is 340 g/mol. The molecule has 0 unspecified atom stereocenters. The minimum Gasteiger partial charge on any atom is -0.378 e. The lowest BCUT2D eigenvalue weighted by molar-refractivity contribution is -0.692. The summed E-state index contributed by atoms with van der Waals surface area (Å²) >= 11 is 0. The van der Waals surface area contributed by atoms with Gasteiger partial charge in [-0.3, -0.25) is 4.79 Å². The van der Waals surface area contributed by atoms with E-state index >= 15 is 0 Å². The summed E-state index contributed by atoms with van der Waals surface area (Å²) in [7, 11) is 4.04. The lowest BCUT2D eigenvalue weighted by atomic mass is 9.96. The molecule has 2 rings (SSSR count). The predicted octanol–water partition coefficient (Wildman–Crippen LogP) is 2.33. The second-order valence-electron chi connectivity index (χ2n) is 6.96. The first-order valence-corrected chi connectivity index (χ1v) is 8.88. The quantitative estimate of drug-likeness (QED) is 0.775. The molecule has 0 aromatic heterocycles. The second kappa shape index (κ2) is 9.23. The predicted molar refractivity (Wildman–Crippen MR) is 103 cm³/mol. The molecule has 0 radical (unpaired) electrons. The topological polar surface area (TPSA) is 49.0 Å². The summed E-state index contributed by atoms with van der Waals surface area (Å²) in [6.07, 6.45) is 0. The SMILES string of the molecule is CC(C)[C@@H]([NH2+]CC(=O)NCc1ccc(N(C)C)cc1)c1ccccc1. The molecular weight excluding hydrogens is 310 g/mol. The van der Waals surface area contributed by atoms with Gasteiger partial charge in [-0.05, 0) is 17.7 Å². The smallest absolute Gasteiger partial charge is 0.275 e. The van der Waals surface area contributed by atoms with Crippen molar-refractivity contribution in [3.8, 4) is 0 Å². The molecule has 4 nitrogen and oxygen atoms in total. The van der Waals surface area contributed by atoms with Crippen molar-refractivity contribution in [2.75, 3.05) is 25.5 Å². The zero-order chi connectivity index (χ0) is 18.2. The number of hydrogen-bond donors (Lipinski definition) is 2. The number of rotatable bonds is 8. The van der Waals surface area contributed by atoms with Crippen molar-refractivity contribution in [3.63, 3.8) is 0 Å². The van der Waals surface area contributed by atoms with E-state index in [1.807, 2.05) is 20.2 Å². The number of quaternary nitrogens is 1. The molecule has 2 aromatic carbocycles. The van der Waals surface area contributed by atoms with Crippen LogP contribution in [0.4, 0.5) is 5.69 Å². The van der Waals surface area contributed by atoms with Crippen LogP contribution in [0.2, 0.25) is 0 Å². The molecule has 0 aliphatic carbocycles. The highest BCUT2D eigenvalue weighted by Gasteiger charge is 2.19. The summed E-state index contributed by atoms with van der Waals surface area (Å²) in [4.78, 5) is 14.3. The fourth-order valence-electron chi connectivity index (χ4n) is 2.89. The Labute approximate surface area is 151 Å². The Morgan fingerprint density at radius 2 is 1.68 bits per heavy atom. The third-order valence-corrected chi connectivity index (χ3v) is 4.40. The molecule has 4 heteroatoms. The Balaban J connectivity index is 1.83.